The molecule has 0 amide bonds. The van der Waals surface area contributed by atoms with E-state index in [1.807, 2.05) is 0 Å². The summed E-state index contributed by atoms with van der Waals surface area (Å²) in [6, 6.07) is 0. The first-order valence-corrected chi connectivity index (χ1v) is 34.7. The van der Waals surface area contributed by atoms with Crippen molar-refractivity contribution in [3.8, 4) is 0 Å². The summed E-state index contributed by atoms with van der Waals surface area (Å²) >= 11 is 0. The van der Waals surface area contributed by atoms with E-state index in [4.69, 9.17) is 14.2 Å². The second kappa shape index (κ2) is 70.0. The fourth-order valence-corrected chi connectivity index (χ4v) is 9.50. The lowest BCUT2D eigenvalue weighted by molar-refractivity contribution is -0.167. The van der Waals surface area contributed by atoms with Crippen LogP contribution in [0.15, 0.2) is 134 Å². The summed E-state index contributed by atoms with van der Waals surface area (Å²) in [5.74, 6) is -0.956. The Bertz CT molecular complexity index is 1750. The average Bonchev–Trinajstić information content (AvgIpc) is 3.49. The van der Waals surface area contributed by atoms with Crippen molar-refractivity contribution in [3.63, 3.8) is 0 Å². The Morgan fingerprint density at radius 3 is 0.783 bits per heavy atom. The smallest absolute Gasteiger partial charge is 0.306 e. The molecular formula is C77H128O6. The van der Waals surface area contributed by atoms with E-state index >= 15 is 0 Å². The lowest BCUT2D eigenvalue weighted by atomic mass is 10.0. The number of rotatable bonds is 62. The predicted molar refractivity (Wildman–Crippen MR) is 362 cm³/mol. The van der Waals surface area contributed by atoms with E-state index in [9.17, 15) is 14.4 Å². The number of carbonyl (C=O) groups excluding carboxylic acids is 3. The normalized spacial score (nSPS) is 13.0. The molecule has 0 aromatic heterocycles. The first-order chi connectivity index (χ1) is 41.0. The third-order valence-corrected chi connectivity index (χ3v) is 14.6. The van der Waals surface area contributed by atoms with E-state index in [1.54, 1.807) is 0 Å². The highest BCUT2D eigenvalue weighted by molar-refractivity contribution is 5.71. The Balaban J connectivity index is 4.42. The topological polar surface area (TPSA) is 78.9 Å². The SMILES string of the molecule is CC/C=C\C/C=C\C/C=C\C/C=C\C/C=C\CCCC(=O)OCC(COC(=O)CCCCCCCCCCCCCC/C=C\C/C=C\C/C=C\C/C=C\CC)OC(=O)CCCCCCCCCCCCC/C=C\C/C=C\CCCCCCC. The van der Waals surface area contributed by atoms with E-state index in [-0.39, 0.29) is 37.5 Å². The molecule has 0 aliphatic carbocycles. The zero-order chi connectivity index (χ0) is 59.9. The summed E-state index contributed by atoms with van der Waals surface area (Å²) in [6.45, 7) is 6.38. The van der Waals surface area contributed by atoms with Gasteiger partial charge in [0.1, 0.15) is 13.2 Å². The second-order valence-electron chi connectivity index (χ2n) is 22.7. The van der Waals surface area contributed by atoms with Gasteiger partial charge in [-0.05, 0) is 128 Å². The van der Waals surface area contributed by atoms with Crippen molar-refractivity contribution in [2.45, 2.75) is 322 Å². The van der Waals surface area contributed by atoms with Gasteiger partial charge in [0.05, 0.1) is 0 Å². The quantitative estimate of drug-likeness (QED) is 0.0261. The van der Waals surface area contributed by atoms with Gasteiger partial charge in [0.15, 0.2) is 6.10 Å². The van der Waals surface area contributed by atoms with Gasteiger partial charge >= 0.3 is 17.9 Å². The molecule has 0 bridgehead atoms. The molecule has 0 heterocycles. The van der Waals surface area contributed by atoms with Gasteiger partial charge < -0.3 is 14.2 Å². The lowest BCUT2D eigenvalue weighted by Crippen LogP contribution is -2.30. The standard InChI is InChI=1S/C77H128O6/c1-4-7-10-13-16-19-22-25-28-31-33-35-37-38-40-41-43-46-49-52-55-58-61-64-67-70-76(79)82-73-74(72-81-75(78)69-66-63-60-57-54-51-48-45-30-27-24-21-18-15-12-9-6-3)83-77(80)71-68-65-62-59-56-53-50-47-44-42-39-36-34-32-29-26-23-20-17-14-11-8-5-2/h7,9-10,12,16,18-19,21,23,25-28,30,32-35,48,51,57,60,74H,4-6,8,11,13-15,17,20,22,24,29,31,36-47,49-50,52-56,58-59,61-73H2,1-3H3/b10-7-,12-9-,19-16-,21-18-,26-23-,28-25-,30-27-,34-32-,35-33-,51-48-,60-57-. The molecule has 0 radical (unpaired) electrons. The average molecular weight is 1150 g/mol. The largest absolute Gasteiger partial charge is 0.462 e. The molecule has 0 aliphatic rings. The summed E-state index contributed by atoms with van der Waals surface area (Å²) in [4.78, 5) is 38.5. The molecule has 6 heteroatoms. The van der Waals surface area contributed by atoms with Crippen LogP contribution in [-0.2, 0) is 28.6 Å². The molecule has 0 spiro atoms. The Morgan fingerprint density at radius 2 is 0.482 bits per heavy atom. The molecule has 83 heavy (non-hydrogen) atoms. The minimum absolute atomic E-state index is 0.0998. The van der Waals surface area contributed by atoms with Gasteiger partial charge in [0.2, 0.25) is 0 Å². The van der Waals surface area contributed by atoms with Gasteiger partial charge in [0.25, 0.3) is 0 Å². The first-order valence-electron chi connectivity index (χ1n) is 34.7. The highest BCUT2D eigenvalue weighted by Crippen LogP contribution is 2.16. The van der Waals surface area contributed by atoms with E-state index in [1.165, 1.54) is 161 Å². The molecule has 6 nitrogen and oxygen atoms in total. The number of allylic oxidation sites excluding steroid dienone is 22. The van der Waals surface area contributed by atoms with Crippen LogP contribution < -0.4 is 0 Å². The van der Waals surface area contributed by atoms with E-state index in [0.717, 1.165) is 109 Å². The maximum absolute atomic E-state index is 13.0. The summed E-state index contributed by atoms with van der Waals surface area (Å²) in [5.41, 5.74) is 0. The Labute approximate surface area is 513 Å². The van der Waals surface area contributed by atoms with Gasteiger partial charge in [-0.1, -0.05) is 302 Å². The van der Waals surface area contributed by atoms with Crippen molar-refractivity contribution in [3.05, 3.63) is 134 Å². The summed E-state index contributed by atoms with van der Waals surface area (Å²) in [6.07, 6.45) is 99.0. The van der Waals surface area contributed by atoms with Gasteiger partial charge in [-0.2, -0.15) is 0 Å². The maximum Gasteiger partial charge on any atom is 0.306 e. The van der Waals surface area contributed by atoms with Gasteiger partial charge in [-0.3, -0.25) is 14.4 Å². The monoisotopic (exact) mass is 1150 g/mol. The zero-order valence-corrected chi connectivity index (χ0v) is 54.2. The number of ether oxygens (including phenoxy) is 3. The molecule has 0 saturated carbocycles. The minimum Gasteiger partial charge on any atom is -0.462 e. The molecule has 0 aromatic rings. The van der Waals surface area contributed by atoms with Gasteiger partial charge in [-0.25, -0.2) is 0 Å². The van der Waals surface area contributed by atoms with Crippen LogP contribution in [0.4, 0.5) is 0 Å². The van der Waals surface area contributed by atoms with Crippen molar-refractivity contribution >= 4 is 17.9 Å². The number of hydrogen-bond acceptors (Lipinski definition) is 6. The molecular weight excluding hydrogens is 1020 g/mol. The van der Waals surface area contributed by atoms with Crippen LogP contribution in [0.1, 0.15) is 316 Å². The summed E-state index contributed by atoms with van der Waals surface area (Å²) in [7, 11) is 0. The summed E-state index contributed by atoms with van der Waals surface area (Å²) < 4.78 is 16.9. The molecule has 0 rings (SSSR count). The van der Waals surface area contributed by atoms with Crippen LogP contribution in [-0.4, -0.2) is 37.2 Å². The van der Waals surface area contributed by atoms with Crippen LogP contribution >= 0.6 is 0 Å². The van der Waals surface area contributed by atoms with E-state index in [2.05, 4.69) is 154 Å². The van der Waals surface area contributed by atoms with Crippen molar-refractivity contribution in [2.75, 3.05) is 13.2 Å². The summed E-state index contributed by atoms with van der Waals surface area (Å²) in [5, 5.41) is 0. The van der Waals surface area contributed by atoms with Gasteiger partial charge in [-0.15, -0.1) is 0 Å². The lowest BCUT2D eigenvalue weighted by Gasteiger charge is -2.18. The maximum atomic E-state index is 13.0. The Morgan fingerprint density at radius 1 is 0.253 bits per heavy atom. The molecule has 472 valence electrons. The van der Waals surface area contributed by atoms with Crippen molar-refractivity contribution in [1.29, 1.82) is 0 Å². The zero-order valence-electron chi connectivity index (χ0n) is 54.2. The van der Waals surface area contributed by atoms with Crippen molar-refractivity contribution in [2.24, 2.45) is 0 Å². The van der Waals surface area contributed by atoms with Gasteiger partial charge in [0, 0.05) is 19.3 Å². The number of esters is 3. The molecule has 0 N–H and O–H groups in total. The highest BCUT2D eigenvalue weighted by atomic mass is 16.6. The van der Waals surface area contributed by atoms with E-state index < -0.39 is 6.10 Å². The molecule has 0 saturated heterocycles. The van der Waals surface area contributed by atoms with Crippen LogP contribution in [0, 0.1) is 0 Å². The molecule has 1 atom stereocenters. The second-order valence-corrected chi connectivity index (χ2v) is 22.7. The minimum atomic E-state index is -0.809. The Kier molecular flexibility index (Phi) is 66.3. The van der Waals surface area contributed by atoms with Crippen molar-refractivity contribution in [1.82, 2.24) is 0 Å². The fourth-order valence-electron chi connectivity index (χ4n) is 9.50. The number of unbranched alkanes of at least 4 members (excludes halogenated alkanes) is 29. The third-order valence-electron chi connectivity index (χ3n) is 14.6. The first kappa shape index (κ1) is 78.5. The fraction of sp³-hybridized carbons (Fsp3) is 0.675. The van der Waals surface area contributed by atoms with Crippen molar-refractivity contribution < 1.29 is 28.6 Å². The number of carbonyl (C=O) groups is 3. The van der Waals surface area contributed by atoms with Crippen LogP contribution in [0.25, 0.3) is 0 Å². The third kappa shape index (κ3) is 68.2. The Hall–Kier alpha value is -4.45. The van der Waals surface area contributed by atoms with Crippen LogP contribution in [0.2, 0.25) is 0 Å². The highest BCUT2D eigenvalue weighted by Gasteiger charge is 2.19. The molecule has 0 fully saturated rings. The predicted octanol–water partition coefficient (Wildman–Crippen LogP) is 24.1. The van der Waals surface area contributed by atoms with Crippen LogP contribution in [0.5, 0.6) is 0 Å². The van der Waals surface area contributed by atoms with Crippen LogP contribution in [0.3, 0.4) is 0 Å². The molecule has 0 aromatic carbocycles. The van der Waals surface area contributed by atoms with E-state index in [0.29, 0.717) is 19.3 Å². The molecule has 0 aliphatic heterocycles. The molecule has 1 unspecified atom stereocenters. The number of hydrogen-bond donors (Lipinski definition) is 0.